The molecule has 3 fully saturated rings. The van der Waals surface area contributed by atoms with Gasteiger partial charge in [-0.2, -0.15) is 0 Å². The van der Waals surface area contributed by atoms with E-state index in [9.17, 15) is 4.79 Å². The normalized spacial score (nSPS) is 39.4. The molecule has 1 aromatic rings. The average Bonchev–Trinajstić information content (AvgIpc) is 3.07. The molecule has 0 N–H and O–H groups in total. The van der Waals surface area contributed by atoms with Crippen LogP contribution in [-0.2, 0) is 9.53 Å². The van der Waals surface area contributed by atoms with Crippen LogP contribution >= 0.6 is 11.3 Å². The van der Waals surface area contributed by atoms with Crippen LogP contribution in [0.15, 0.2) is 17.5 Å². The molecule has 0 aliphatic carbocycles. The van der Waals surface area contributed by atoms with Crippen molar-refractivity contribution in [2.75, 3.05) is 19.7 Å². The number of carbonyl (C=O) groups is 1. The van der Waals surface area contributed by atoms with Gasteiger partial charge in [0, 0.05) is 23.4 Å². The van der Waals surface area contributed by atoms with Gasteiger partial charge in [0.1, 0.15) is 0 Å². The lowest BCUT2D eigenvalue weighted by atomic mass is 9.73. The summed E-state index contributed by atoms with van der Waals surface area (Å²) in [5.41, 5.74) is -0.240. The Hall–Kier alpha value is -0.870. The van der Waals surface area contributed by atoms with E-state index in [-0.39, 0.29) is 11.4 Å². The summed E-state index contributed by atoms with van der Waals surface area (Å²) in [6, 6.07) is 4.87. The second kappa shape index (κ2) is 3.81. The standard InChI is InChI=1S/C14H17NO2S/c16-13-14(5-7-17-13)9-15-6-1-3-10(15)12(14)11-4-2-8-18-11/h2,4,8,10,12H,1,3,5-7,9H2/t10-,12-,14-/m0/s1. The molecule has 96 valence electrons. The van der Waals surface area contributed by atoms with E-state index in [4.69, 9.17) is 4.74 Å². The van der Waals surface area contributed by atoms with Crippen LogP contribution in [0, 0.1) is 5.41 Å². The fourth-order valence-electron chi connectivity index (χ4n) is 4.18. The van der Waals surface area contributed by atoms with Crippen LogP contribution in [0.5, 0.6) is 0 Å². The van der Waals surface area contributed by atoms with Gasteiger partial charge in [0.2, 0.25) is 0 Å². The van der Waals surface area contributed by atoms with Crippen LogP contribution in [0.1, 0.15) is 30.1 Å². The topological polar surface area (TPSA) is 29.5 Å². The van der Waals surface area contributed by atoms with E-state index in [1.165, 1.54) is 17.7 Å². The SMILES string of the molecule is O=C1OCC[C@@]12CN1CCC[C@H]1[C@H]2c1cccs1. The van der Waals surface area contributed by atoms with E-state index in [2.05, 4.69) is 22.4 Å². The largest absolute Gasteiger partial charge is 0.465 e. The smallest absolute Gasteiger partial charge is 0.314 e. The summed E-state index contributed by atoms with van der Waals surface area (Å²) in [7, 11) is 0. The monoisotopic (exact) mass is 263 g/mol. The molecule has 4 rings (SSSR count). The minimum atomic E-state index is -0.240. The minimum Gasteiger partial charge on any atom is -0.465 e. The van der Waals surface area contributed by atoms with Crippen LogP contribution in [-0.4, -0.2) is 36.6 Å². The third-order valence-electron chi connectivity index (χ3n) is 4.92. The number of cyclic esters (lactones) is 1. The molecular weight excluding hydrogens is 246 g/mol. The predicted octanol–water partition coefficient (Wildman–Crippen LogP) is 2.24. The van der Waals surface area contributed by atoms with Crippen molar-refractivity contribution in [1.82, 2.24) is 4.90 Å². The highest BCUT2D eigenvalue weighted by molar-refractivity contribution is 7.10. The Morgan fingerprint density at radius 3 is 3.17 bits per heavy atom. The van der Waals surface area contributed by atoms with Gasteiger partial charge in [-0.15, -0.1) is 11.3 Å². The van der Waals surface area contributed by atoms with Crippen LogP contribution in [0.25, 0.3) is 0 Å². The molecule has 1 aromatic heterocycles. The zero-order valence-electron chi connectivity index (χ0n) is 10.3. The summed E-state index contributed by atoms with van der Waals surface area (Å²) in [6.07, 6.45) is 3.41. The Labute approximate surface area is 111 Å². The number of carbonyl (C=O) groups excluding carboxylic acids is 1. The molecule has 3 nitrogen and oxygen atoms in total. The van der Waals surface area contributed by atoms with Gasteiger partial charge in [0.15, 0.2) is 0 Å². The third-order valence-corrected chi connectivity index (χ3v) is 5.87. The molecule has 1 spiro atoms. The molecule has 4 heteroatoms. The highest BCUT2D eigenvalue weighted by Crippen LogP contribution is 2.55. The van der Waals surface area contributed by atoms with Gasteiger partial charge >= 0.3 is 5.97 Å². The first kappa shape index (κ1) is 11.0. The quantitative estimate of drug-likeness (QED) is 0.728. The Bertz CT molecular complexity index is 472. The fourth-order valence-corrected chi connectivity index (χ4v) is 5.18. The Balaban J connectivity index is 1.80. The van der Waals surface area contributed by atoms with Gasteiger partial charge in [0.05, 0.1) is 12.0 Å². The number of thiophene rings is 1. The maximum atomic E-state index is 12.3. The van der Waals surface area contributed by atoms with E-state index in [1.54, 1.807) is 11.3 Å². The van der Waals surface area contributed by atoms with Crippen molar-refractivity contribution in [3.63, 3.8) is 0 Å². The molecule has 0 unspecified atom stereocenters. The molecule has 0 aromatic carbocycles. The number of rotatable bonds is 1. The first-order valence-corrected chi connectivity index (χ1v) is 7.64. The van der Waals surface area contributed by atoms with Crippen molar-refractivity contribution in [2.45, 2.75) is 31.2 Å². The van der Waals surface area contributed by atoms with Gasteiger partial charge in [0.25, 0.3) is 0 Å². The molecule has 3 atom stereocenters. The number of nitrogens with zero attached hydrogens (tertiary/aromatic N) is 1. The van der Waals surface area contributed by atoms with Crippen molar-refractivity contribution in [2.24, 2.45) is 5.41 Å². The molecule has 0 bridgehead atoms. The van der Waals surface area contributed by atoms with E-state index in [1.807, 2.05) is 0 Å². The van der Waals surface area contributed by atoms with Crippen LogP contribution < -0.4 is 0 Å². The maximum Gasteiger partial charge on any atom is 0.314 e. The summed E-state index contributed by atoms with van der Waals surface area (Å²) in [5.74, 6) is 0.422. The van der Waals surface area contributed by atoms with Gasteiger partial charge in [-0.3, -0.25) is 9.69 Å². The molecule has 3 saturated heterocycles. The van der Waals surface area contributed by atoms with E-state index in [0.29, 0.717) is 18.6 Å². The maximum absolute atomic E-state index is 12.3. The number of hydrogen-bond donors (Lipinski definition) is 0. The summed E-state index contributed by atoms with van der Waals surface area (Å²) in [5, 5.41) is 2.13. The van der Waals surface area contributed by atoms with Crippen molar-refractivity contribution in [3.05, 3.63) is 22.4 Å². The summed E-state index contributed by atoms with van der Waals surface area (Å²) >= 11 is 1.80. The predicted molar refractivity (Wildman–Crippen MR) is 69.7 cm³/mol. The molecule has 18 heavy (non-hydrogen) atoms. The lowest BCUT2D eigenvalue weighted by molar-refractivity contribution is -0.146. The fraction of sp³-hybridized carbons (Fsp3) is 0.643. The van der Waals surface area contributed by atoms with Gasteiger partial charge < -0.3 is 4.74 Å². The van der Waals surface area contributed by atoms with Gasteiger partial charge in [-0.25, -0.2) is 0 Å². The molecule has 0 amide bonds. The average molecular weight is 263 g/mol. The van der Waals surface area contributed by atoms with Crippen molar-refractivity contribution >= 4 is 17.3 Å². The molecule has 0 radical (unpaired) electrons. The van der Waals surface area contributed by atoms with Crippen molar-refractivity contribution in [3.8, 4) is 0 Å². The Kier molecular flexibility index (Phi) is 2.33. The van der Waals surface area contributed by atoms with Crippen LogP contribution in [0.2, 0.25) is 0 Å². The van der Waals surface area contributed by atoms with E-state index in [0.717, 1.165) is 19.5 Å². The third kappa shape index (κ3) is 1.30. The Morgan fingerprint density at radius 2 is 2.44 bits per heavy atom. The minimum absolute atomic E-state index is 0.0512. The van der Waals surface area contributed by atoms with Crippen LogP contribution in [0.4, 0.5) is 0 Å². The summed E-state index contributed by atoms with van der Waals surface area (Å²) < 4.78 is 5.32. The molecule has 4 heterocycles. The van der Waals surface area contributed by atoms with Crippen molar-refractivity contribution in [1.29, 1.82) is 0 Å². The van der Waals surface area contributed by atoms with E-state index < -0.39 is 0 Å². The van der Waals surface area contributed by atoms with Crippen LogP contribution in [0.3, 0.4) is 0 Å². The second-order valence-corrected chi connectivity index (χ2v) is 6.69. The van der Waals surface area contributed by atoms with Gasteiger partial charge in [-0.05, 0) is 37.3 Å². The number of esters is 1. The van der Waals surface area contributed by atoms with Gasteiger partial charge in [-0.1, -0.05) is 6.07 Å². The zero-order chi connectivity index (χ0) is 12.2. The number of fused-ring (bicyclic) bond motifs is 1. The lowest BCUT2D eigenvalue weighted by Crippen LogP contribution is -2.35. The van der Waals surface area contributed by atoms with E-state index >= 15 is 0 Å². The first-order chi connectivity index (χ1) is 8.81. The Morgan fingerprint density at radius 1 is 1.50 bits per heavy atom. The summed E-state index contributed by atoms with van der Waals surface area (Å²) in [6.45, 7) is 2.68. The highest BCUT2D eigenvalue weighted by atomic mass is 32.1. The number of hydrogen-bond acceptors (Lipinski definition) is 4. The van der Waals surface area contributed by atoms with Crippen molar-refractivity contribution < 1.29 is 9.53 Å². The molecule has 0 saturated carbocycles. The number of ether oxygens (including phenoxy) is 1. The molecule has 3 aliphatic rings. The summed E-state index contributed by atoms with van der Waals surface area (Å²) in [4.78, 5) is 16.2. The molecular formula is C14H17NO2S. The zero-order valence-corrected chi connectivity index (χ0v) is 11.1. The highest BCUT2D eigenvalue weighted by Gasteiger charge is 2.61. The molecule has 3 aliphatic heterocycles. The second-order valence-electron chi connectivity index (χ2n) is 5.72. The lowest BCUT2D eigenvalue weighted by Gasteiger charge is -2.27. The first-order valence-electron chi connectivity index (χ1n) is 6.76.